The highest BCUT2D eigenvalue weighted by Gasteiger charge is 2.34. The Kier molecular flexibility index (Phi) is 5.38. The summed E-state index contributed by atoms with van der Waals surface area (Å²) in [5.74, 6) is 0. The molecule has 0 aromatic heterocycles. The fourth-order valence-electron chi connectivity index (χ4n) is 2.32. The van der Waals surface area contributed by atoms with Gasteiger partial charge in [-0.05, 0) is 49.2 Å². The Labute approximate surface area is 164 Å². The zero-order chi connectivity index (χ0) is 20.7. The second kappa shape index (κ2) is 7.21. The van der Waals surface area contributed by atoms with Crippen LogP contribution in [0.3, 0.4) is 0 Å². The highest BCUT2D eigenvalue weighted by molar-refractivity contribution is 7.93. The van der Waals surface area contributed by atoms with Crippen molar-refractivity contribution in [3.05, 3.63) is 53.1 Å². The summed E-state index contributed by atoms with van der Waals surface area (Å²) in [6, 6.07) is 6.93. The molecule has 1 saturated carbocycles. The van der Waals surface area contributed by atoms with Gasteiger partial charge in [0.15, 0.2) is 0 Å². The molecule has 0 bridgehead atoms. The molecule has 2 aromatic rings. The smallest absolute Gasteiger partial charge is 0.280 e. The fourth-order valence-corrected chi connectivity index (χ4v) is 5.06. The van der Waals surface area contributed by atoms with E-state index in [4.69, 9.17) is 11.6 Å². The van der Waals surface area contributed by atoms with Crippen molar-refractivity contribution in [1.82, 2.24) is 4.72 Å². The molecular formula is C16H14ClF3N2O4S2. The van der Waals surface area contributed by atoms with E-state index in [1.807, 2.05) is 4.72 Å². The van der Waals surface area contributed by atoms with Gasteiger partial charge in [-0.15, -0.1) is 0 Å². The largest absolute Gasteiger partial charge is 0.417 e. The molecule has 152 valence electrons. The van der Waals surface area contributed by atoms with Crippen LogP contribution in [0.15, 0.2) is 52.3 Å². The number of hydrogen-bond donors (Lipinski definition) is 2. The first-order valence-corrected chi connectivity index (χ1v) is 11.2. The Balaban J connectivity index is 1.91. The van der Waals surface area contributed by atoms with Gasteiger partial charge in [-0.2, -0.15) is 13.2 Å². The maximum Gasteiger partial charge on any atom is 0.417 e. The molecule has 0 radical (unpaired) electrons. The molecule has 0 aliphatic heterocycles. The molecule has 1 aliphatic carbocycles. The third-order valence-corrected chi connectivity index (χ3v) is 7.08. The van der Waals surface area contributed by atoms with Crippen molar-refractivity contribution in [3.8, 4) is 0 Å². The van der Waals surface area contributed by atoms with Gasteiger partial charge in [0.25, 0.3) is 10.0 Å². The number of halogens is 4. The molecule has 0 amide bonds. The summed E-state index contributed by atoms with van der Waals surface area (Å²) in [7, 11) is -8.23. The summed E-state index contributed by atoms with van der Waals surface area (Å²) in [5.41, 5.74) is -1.56. The number of anilines is 1. The first-order valence-electron chi connectivity index (χ1n) is 7.90. The highest BCUT2D eigenvalue weighted by atomic mass is 35.5. The van der Waals surface area contributed by atoms with Crippen LogP contribution in [0.2, 0.25) is 5.02 Å². The molecule has 6 nitrogen and oxygen atoms in total. The van der Waals surface area contributed by atoms with Crippen molar-refractivity contribution < 1.29 is 30.0 Å². The minimum atomic E-state index is -4.76. The van der Waals surface area contributed by atoms with Gasteiger partial charge in [0.05, 0.1) is 20.4 Å². The van der Waals surface area contributed by atoms with Crippen LogP contribution < -0.4 is 9.44 Å². The number of alkyl halides is 3. The van der Waals surface area contributed by atoms with E-state index in [1.165, 1.54) is 12.1 Å². The van der Waals surface area contributed by atoms with Gasteiger partial charge in [-0.25, -0.2) is 21.6 Å². The second-order valence-electron chi connectivity index (χ2n) is 6.17. The topological polar surface area (TPSA) is 92.3 Å². The lowest BCUT2D eigenvalue weighted by atomic mass is 10.2. The summed E-state index contributed by atoms with van der Waals surface area (Å²) >= 11 is 5.52. The van der Waals surface area contributed by atoms with Crippen LogP contribution in [0.25, 0.3) is 0 Å². The maximum absolute atomic E-state index is 12.9. The van der Waals surface area contributed by atoms with E-state index in [9.17, 15) is 30.0 Å². The van der Waals surface area contributed by atoms with Gasteiger partial charge < -0.3 is 0 Å². The SMILES string of the molecule is O=S(=O)(Nc1ccc(Cl)c(C(F)(F)F)c1)c1cccc(S(=O)(=O)NC2CC2)c1. The van der Waals surface area contributed by atoms with E-state index in [0.29, 0.717) is 18.9 Å². The average molecular weight is 455 g/mol. The van der Waals surface area contributed by atoms with Crippen LogP contribution in [0.4, 0.5) is 18.9 Å². The third-order valence-electron chi connectivity index (χ3n) is 3.85. The third kappa shape index (κ3) is 4.77. The van der Waals surface area contributed by atoms with Crippen LogP contribution in [0, 0.1) is 0 Å². The summed E-state index contributed by atoms with van der Waals surface area (Å²) in [5, 5.41) is -0.574. The van der Waals surface area contributed by atoms with Gasteiger partial charge in [0, 0.05) is 11.7 Å². The Morgan fingerprint density at radius 3 is 2.11 bits per heavy atom. The van der Waals surface area contributed by atoms with E-state index >= 15 is 0 Å². The van der Waals surface area contributed by atoms with Crippen molar-refractivity contribution in [2.24, 2.45) is 0 Å². The molecule has 0 unspecified atom stereocenters. The van der Waals surface area contributed by atoms with Crippen molar-refractivity contribution in [2.75, 3.05) is 4.72 Å². The molecule has 28 heavy (non-hydrogen) atoms. The number of benzene rings is 2. The minimum absolute atomic E-state index is 0.168. The number of sulfonamides is 2. The molecule has 0 saturated heterocycles. The lowest BCUT2D eigenvalue weighted by molar-refractivity contribution is -0.137. The molecule has 2 aromatic carbocycles. The van der Waals surface area contributed by atoms with Gasteiger partial charge in [0.1, 0.15) is 0 Å². The Hall–Kier alpha value is -1.82. The molecule has 2 N–H and O–H groups in total. The molecule has 12 heteroatoms. The number of rotatable bonds is 6. The first kappa shape index (κ1) is 20.9. The van der Waals surface area contributed by atoms with E-state index in [2.05, 4.69) is 4.72 Å². The lowest BCUT2D eigenvalue weighted by Gasteiger charge is -2.13. The Morgan fingerprint density at radius 2 is 1.54 bits per heavy atom. The minimum Gasteiger partial charge on any atom is -0.280 e. The molecular weight excluding hydrogens is 441 g/mol. The van der Waals surface area contributed by atoms with Gasteiger partial charge >= 0.3 is 6.18 Å². The van der Waals surface area contributed by atoms with Crippen LogP contribution in [-0.2, 0) is 26.2 Å². The van der Waals surface area contributed by atoms with E-state index in [-0.39, 0.29) is 16.6 Å². The molecule has 0 atom stereocenters. The quantitative estimate of drug-likeness (QED) is 0.697. The van der Waals surface area contributed by atoms with Crippen molar-refractivity contribution in [3.63, 3.8) is 0 Å². The van der Waals surface area contributed by atoms with E-state index in [1.54, 1.807) is 0 Å². The average Bonchev–Trinajstić information content (AvgIpc) is 3.39. The van der Waals surface area contributed by atoms with Gasteiger partial charge in [-0.1, -0.05) is 17.7 Å². The van der Waals surface area contributed by atoms with Crippen molar-refractivity contribution >= 4 is 37.3 Å². The predicted molar refractivity (Wildman–Crippen MR) is 97.0 cm³/mol. The van der Waals surface area contributed by atoms with Gasteiger partial charge in [-0.3, -0.25) is 4.72 Å². The van der Waals surface area contributed by atoms with E-state index < -0.39 is 41.7 Å². The molecule has 3 rings (SSSR count). The van der Waals surface area contributed by atoms with Crippen molar-refractivity contribution in [2.45, 2.75) is 34.9 Å². The molecule has 1 fully saturated rings. The summed E-state index contributed by atoms with van der Waals surface area (Å²) in [6.07, 6.45) is -3.35. The zero-order valence-electron chi connectivity index (χ0n) is 14.0. The molecule has 0 heterocycles. The standard InChI is InChI=1S/C16H14ClF3N2O4S2/c17-15-7-6-11(8-14(15)16(18,19)20)22-28(25,26)13-3-1-2-12(9-13)27(23,24)21-10-4-5-10/h1-3,6-10,21-22H,4-5H2. The summed E-state index contributed by atoms with van der Waals surface area (Å²) in [4.78, 5) is -0.663. The van der Waals surface area contributed by atoms with Crippen LogP contribution in [0.1, 0.15) is 18.4 Å². The molecule has 0 spiro atoms. The van der Waals surface area contributed by atoms with Crippen LogP contribution in [-0.4, -0.2) is 22.9 Å². The second-order valence-corrected chi connectivity index (χ2v) is 9.97. The highest BCUT2D eigenvalue weighted by Crippen LogP contribution is 2.36. The number of nitrogens with one attached hydrogen (secondary N) is 2. The Bertz CT molecular complexity index is 1110. The zero-order valence-corrected chi connectivity index (χ0v) is 16.4. The Morgan fingerprint density at radius 1 is 0.929 bits per heavy atom. The van der Waals surface area contributed by atoms with Crippen LogP contribution >= 0.6 is 11.6 Å². The predicted octanol–water partition coefficient (Wildman–Crippen LogP) is 3.60. The lowest BCUT2D eigenvalue weighted by Crippen LogP contribution is -2.26. The normalized spacial score (nSPS) is 15.4. The fraction of sp³-hybridized carbons (Fsp3) is 0.250. The van der Waals surface area contributed by atoms with E-state index in [0.717, 1.165) is 24.3 Å². The van der Waals surface area contributed by atoms with Gasteiger partial charge in [0.2, 0.25) is 10.0 Å². The monoisotopic (exact) mass is 454 g/mol. The van der Waals surface area contributed by atoms with Crippen LogP contribution in [0.5, 0.6) is 0 Å². The summed E-state index contributed by atoms with van der Waals surface area (Å²) < 4.78 is 92.8. The maximum atomic E-state index is 12.9. The molecule has 1 aliphatic rings. The summed E-state index contributed by atoms with van der Waals surface area (Å²) in [6.45, 7) is 0. The first-order chi connectivity index (χ1) is 12.9. The number of hydrogen-bond acceptors (Lipinski definition) is 4. The van der Waals surface area contributed by atoms with Crippen molar-refractivity contribution in [1.29, 1.82) is 0 Å².